The first-order valence-electron chi connectivity index (χ1n) is 7.51. The maximum absolute atomic E-state index is 11.7. The van der Waals surface area contributed by atoms with Crippen LogP contribution in [0.1, 0.15) is 27.2 Å². The van der Waals surface area contributed by atoms with E-state index >= 15 is 0 Å². The molecule has 1 aromatic carbocycles. The number of nitrogens with one attached hydrogen (secondary N) is 2. The first-order chi connectivity index (χ1) is 11.0. The monoisotopic (exact) mass is 458 g/mol. The number of hydrogen-bond acceptors (Lipinski definition) is 3. The lowest BCUT2D eigenvalue weighted by Crippen LogP contribution is -2.25. The van der Waals surface area contributed by atoms with Crippen LogP contribution in [0.5, 0.6) is 0 Å². The number of nitrogens with two attached hydrogens (primary N) is 1. The molecular formula is C17H23IN4OS. The van der Waals surface area contributed by atoms with Gasteiger partial charge >= 0.3 is 0 Å². The summed E-state index contributed by atoms with van der Waals surface area (Å²) in [6.07, 6.45) is 0.742. The molecule has 1 heterocycles. The van der Waals surface area contributed by atoms with E-state index in [2.05, 4.69) is 21.7 Å². The Morgan fingerprint density at radius 2 is 1.96 bits per heavy atom. The molecule has 0 atom stereocenters. The Balaban J connectivity index is 0.00000288. The summed E-state index contributed by atoms with van der Waals surface area (Å²) in [4.78, 5) is 16.7. The van der Waals surface area contributed by atoms with Crippen LogP contribution in [0.2, 0.25) is 0 Å². The summed E-state index contributed by atoms with van der Waals surface area (Å²) in [5, 5.41) is 7.84. The zero-order chi connectivity index (χ0) is 16.7. The maximum atomic E-state index is 11.7. The van der Waals surface area contributed by atoms with Gasteiger partial charge in [0.2, 0.25) is 0 Å². The fourth-order valence-electron chi connectivity index (χ4n) is 2.21. The zero-order valence-corrected chi connectivity index (χ0v) is 17.0. The number of carbonyl (C=O) groups excluding carboxylic acids is 1. The molecule has 0 aliphatic carbocycles. The molecular weight excluding hydrogens is 435 g/mol. The number of nitrogens with zero attached hydrogens (tertiary/aromatic N) is 1. The first kappa shape index (κ1) is 20.4. The van der Waals surface area contributed by atoms with Gasteiger partial charge in [0.05, 0.1) is 4.88 Å². The van der Waals surface area contributed by atoms with E-state index in [-0.39, 0.29) is 29.9 Å². The summed E-state index contributed by atoms with van der Waals surface area (Å²) in [5.41, 5.74) is 9.17. The molecule has 1 amide bonds. The van der Waals surface area contributed by atoms with Crippen molar-refractivity contribution in [3.63, 3.8) is 0 Å². The van der Waals surface area contributed by atoms with E-state index in [1.54, 1.807) is 0 Å². The molecule has 7 heteroatoms. The molecule has 0 saturated heterocycles. The van der Waals surface area contributed by atoms with E-state index in [0.29, 0.717) is 19.0 Å². The number of rotatable bonds is 6. The summed E-state index contributed by atoms with van der Waals surface area (Å²) >= 11 is 1.43. The van der Waals surface area contributed by atoms with Gasteiger partial charge in [-0.1, -0.05) is 12.1 Å². The number of carbonyl (C=O) groups is 1. The molecule has 0 aliphatic rings. The van der Waals surface area contributed by atoms with Crippen LogP contribution >= 0.6 is 35.3 Å². The van der Waals surface area contributed by atoms with E-state index in [1.165, 1.54) is 22.5 Å². The van der Waals surface area contributed by atoms with E-state index < -0.39 is 0 Å². The molecule has 5 nitrogen and oxygen atoms in total. The number of anilines is 1. The fraction of sp³-hybridized carbons (Fsp3) is 0.294. The van der Waals surface area contributed by atoms with Crippen LogP contribution in [0.4, 0.5) is 5.69 Å². The molecule has 0 unspecified atom stereocenters. The lowest BCUT2D eigenvalue weighted by molar-refractivity contribution is 0.0957. The molecule has 0 aliphatic heterocycles. The number of amides is 1. The Bertz CT molecular complexity index is 666. The Kier molecular flexibility index (Phi) is 8.77. The average molecular weight is 458 g/mol. The van der Waals surface area contributed by atoms with Crippen LogP contribution in [0.25, 0.3) is 0 Å². The molecule has 0 radical (unpaired) electrons. The third-order valence-electron chi connectivity index (χ3n) is 3.14. The predicted octanol–water partition coefficient (Wildman–Crippen LogP) is 3.53. The third kappa shape index (κ3) is 6.88. The third-order valence-corrected chi connectivity index (χ3v) is 4.01. The van der Waals surface area contributed by atoms with Crippen molar-refractivity contribution in [2.45, 2.75) is 20.3 Å². The van der Waals surface area contributed by atoms with Gasteiger partial charge in [-0.3, -0.25) is 9.79 Å². The second-order valence-electron chi connectivity index (χ2n) is 5.36. The molecule has 2 rings (SSSR count). The molecule has 24 heavy (non-hydrogen) atoms. The van der Waals surface area contributed by atoms with Crippen LogP contribution in [0.15, 0.2) is 40.7 Å². The number of hydrogen-bond donors (Lipinski definition) is 3. The van der Waals surface area contributed by atoms with Crippen molar-refractivity contribution in [3.8, 4) is 0 Å². The van der Waals surface area contributed by atoms with Crippen LogP contribution in [0, 0.1) is 13.8 Å². The smallest absolute Gasteiger partial charge is 0.261 e. The van der Waals surface area contributed by atoms with E-state index in [4.69, 9.17) is 5.73 Å². The van der Waals surface area contributed by atoms with E-state index in [0.717, 1.165) is 17.0 Å². The summed E-state index contributed by atoms with van der Waals surface area (Å²) in [6, 6.07) is 9.83. The summed E-state index contributed by atoms with van der Waals surface area (Å²) in [5.74, 6) is 0.352. The first-order valence-corrected chi connectivity index (χ1v) is 8.39. The van der Waals surface area contributed by atoms with Gasteiger partial charge in [0.1, 0.15) is 0 Å². The van der Waals surface area contributed by atoms with Crippen LogP contribution in [-0.4, -0.2) is 25.0 Å². The van der Waals surface area contributed by atoms with Crippen molar-refractivity contribution in [1.29, 1.82) is 0 Å². The molecule has 4 N–H and O–H groups in total. The maximum Gasteiger partial charge on any atom is 0.261 e. The van der Waals surface area contributed by atoms with E-state index in [1.807, 2.05) is 43.5 Å². The lowest BCUT2D eigenvalue weighted by atomic mass is 10.1. The van der Waals surface area contributed by atoms with Gasteiger partial charge in [0.25, 0.3) is 5.91 Å². The normalized spacial score (nSPS) is 10.8. The van der Waals surface area contributed by atoms with Crippen molar-refractivity contribution in [3.05, 3.63) is 51.7 Å². The Labute approximate surface area is 163 Å². The Hall–Kier alpha value is -1.61. The number of aryl methyl sites for hydroxylation is 2. The lowest BCUT2D eigenvalue weighted by Gasteiger charge is -2.08. The van der Waals surface area contributed by atoms with Crippen LogP contribution < -0.4 is 16.4 Å². The van der Waals surface area contributed by atoms with Gasteiger partial charge in [0.15, 0.2) is 5.96 Å². The quantitative estimate of drug-likeness (QED) is 0.268. The average Bonchev–Trinajstić information content (AvgIpc) is 2.99. The van der Waals surface area contributed by atoms with Crippen molar-refractivity contribution in [2.24, 2.45) is 10.7 Å². The molecule has 1 aromatic heterocycles. The minimum Gasteiger partial charge on any atom is -0.370 e. The highest BCUT2D eigenvalue weighted by atomic mass is 127. The number of thiophene rings is 1. The second kappa shape index (κ2) is 10.3. The zero-order valence-electron chi connectivity index (χ0n) is 13.8. The van der Waals surface area contributed by atoms with Crippen LogP contribution in [0.3, 0.4) is 0 Å². The second-order valence-corrected chi connectivity index (χ2v) is 6.30. The molecule has 0 bridgehead atoms. The van der Waals surface area contributed by atoms with Crippen molar-refractivity contribution in [1.82, 2.24) is 5.32 Å². The van der Waals surface area contributed by atoms with Gasteiger partial charge in [-0.05, 0) is 55.0 Å². The molecule has 0 fully saturated rings. The number of halogens is 1. The highest BCUT2D eigenvalue weighted by Crippen LogP contribution is 2.13. The number of aliphatic imine (C=N–C) groups is 1. The topological polar surface area (TPSA) is 79.5 Å². The summed E-state index contributed by atoms with van der Waals surface area (Å²) in [7, 11) is 0. The van der Waals surface area contributed by atoms with Crippen molar-refractivity contribution >= 4 is 52.9 Å². The molecule has 130 valence electrons. The predicted molar refractivity (Wildman–Crippen MR) is 113 cm³/mol. The SMILES string of the molecule is Cc1cc(C)cc(NC(N)=NCCCNC(=O)c2cccs2)c1.I. The van der Waals surface area contributed by atoms with Gasteiger partial charge < -0.3 is 16.4 Å². The fourth-order valence-corrected chi connectivity index (χ4v) is 2.85. The van der Waals surface area contributed by atoms with Crippen molar-refractivity contribution in [2.75, 3.05) is 18.4 Å². The van der Waals surface area contributed by atoms with Gasteiger partial charge in [-0.25, -0.2) is 0 Å². The van der Waals surface area contributed by atoms with Crippen LogP contribution in [-0.2, 0) is 0 Å². The number of guanidine groups is 1. The largest absolute Gasteiger partial charge is 0.370 e. The number of benzene rings is 1. The Morgan fingerprint density at radius 3 is 2.58 bits per heavy atom. The molecule has 2 aromatic rings. The van der Waals surface area contributed by atoms with Gasteiger partial charge in [0, 0.05) is 18.8 Å². The standard InChI is InChI=1S/C17H22N4OS.HI/c1-12-9-13(2)11-14(10-12)21-17(18)20-7-4-6-19-16(22)15-5-3-8-23-15;/h3,5,8-11H,4,6-7H2,1-2H3,(H,19,22)(H3,18,20,21);1H. The van der Waals surface area contributed by atoms with Gasteiger partial charge in [-0.15, -0.1) is 35.3 Å². The highest BCUT2D eigenvalue weighted by molar-refractivity contribution is 14.0. The van der Waals surface area contributed by atoms with E-state index in [9.17, 15) is 4.79 Å². The molecule has 0 saturated carbocycles. The van der Waals surface area contributed by atoms with Gasteiger partial charge in [-0.2, -0.15) is 0 Å². The minimum absolute atomic E-state index is 0. The Morgan fingerprint density at radius 1 is 1.25 bits per heavy atom. The molecule has 0 spiro atoms. The highest BCUT2D eigenvalue weighted by Gasteiger charge is 2.04. The van der Waals surface area contributed by atoms with Crippen molar-refractivity contribution < 1.29 is 4.79 Å². The summed E-state index contributed by atoms with van der Waals surface area (Å²) < 4.78 is 0. The minimum atomic E-state index is -0.0367. The summed E-state index contributed by atoms with van der Waals surface area (Å²) in [6.45, 7) is 5.23.